The lowest BCUT2D eigenvalue weighted by Crippen LogP contribution is -2.59. The number of allylic oxidation sites excluding steroid dienone is 1. The van der Waals surface area contributed by atoms with Crippen molar-refractivity contribution in [2.75, 3.05) is 49.9 Å². The molecular weight excluding hydrogens is 616 g/mol. The fraction of sp³-hybridized carbons (Fsp3) is 0.610. The Morgan fingerprint density at radius 2 is 1.91 bits per heavy atom. The zero-order chi connectivity index (χ0) is 32.8. The number of nitrogens with zero attached hydrogens (tertiary/aromatic N) is 3. The lowest BCUT2D eigenvalue weighted by atomic mass is 9.68. The van der Waals surface area contributed by atoms with Crippen LogP contribution in [0.15, 0.2) is 55.1 Å². The van der Waals surface area contributed by atoms with Crippen molar-refractivity contribution in [2.24, 2.45) is 11.8 Å². The van der Waals surface area contributed by atoms with Gasteiger partial charge in [0, 0.05) is 72.9 Å². The number of hydrogen-bond donors (Lipinski definition) is 1. The quantitative estimate of drug-likeness (QED) is 0.168. The Bertz CT molecular complexity index is 1380. The predicted octanol–water partition coefficient (Wildman–Crippen LogP) is 9.59. The van der Waals surface area contributed by atoms with E-state index in [1.807, 2.05) is 0 Å². The van der Waals surface area contributed by atoms with Crippen molar-refractivity contribution < 1.29 is 0 Å². The second-order valence-corrected chi connectivity index (χ2v) is 16.1. The molecule has 2 saturated heterocycles. The maximum absolute atomic E-state index is 6.55. The standard InChI is InChI=1S/C41H59ClN4S/c1-5-8-13-40(45-24-23-44-22-10-9-12-37(44)29-45)39-20-18-35(39)28-46-27-34(38-21-19-36(42)25-33(38)11-6-2)17-15-31-14-16-32(26-41(31)46)30(4)43-47-7-3/h8,13-14,16,19,21,25-26,34-35,37,39-40,43H,4-7,9-12,15,17-18,20,22-24,27-29H2,1-3H3/b13-8+. The van der Waals surface area contributed by atoms with Gasteiger partial charge in [-0.25, -0.2) is 0 Å². The molecule has 3 aliphatic heterocycles. The van der Waals surface area contributed by atoms with Gasteiger partial charge in [0.15, 0.2) is 0 Å². The molecule has 4 aliphatic rings. The van der Waals surface area contributed by atoms with E-state index in [-0.39, 0.29) is 0 Å². The Labute approximate surface area is 295 Å². The van der Waals surface area contributed by atoms with Gasteiger partial charge in [-0.15, -0.1) is 0 Å². The van der Waals surface area contributed by atoms with Gasteiger partial charge >= 0.3 is 0 Å². The fourth-order valence-corrected chi connectivity index (χ4v) is 9.59. The smallest absolute Gasteiger partial charge is 0.0441 e. The number of benzene rings is 2. The van der Waals surface area contributed by atoms with E-state index in [1.54, 1.807) is 11.9 Å². The van der Waals surface area contributed by atoms with Gasteiger partial charge in [0.25, 0.3) is 0 Å². The minimum Gasteiger partial charge on any atom is -0.370 e. The first-order valence-electron chi connectivity index (χ1n) is 18.9. The Balaban J connectivity index is 1.28. The van der Waals surface area contributed by atoms with Crippen LogP contribution in [0.25, 0.3) is 5.70 Å². The van der Waals surface area contributed by atoms with Gasteiger partial charge < -0.3 is 9.62 Å². The number of piperazine rings is 1. The normalized spacial score (nSPS) is 25.9. The van der Waals surface area contributed by atoms with E-state index < -0.39 is 0 Å². The summed E-state index contributed by atoms with van der Waals surface area (Å²) in [5.41, 5.74) is 8.10. The number of aryl methyl sites for hydroxylation is 2. The molecule has 1 saturated carbocycles. The van der Waals surface area contributed by atoms with E-state index in [1.165, 1.54) is 92.6 Å². The Morgan fingerprint density at radius 1 is 1.02 bits per heavy atom. The highest BCUT2D eigenvalue weighted by Crippen LogP contribution is 2.44. The van der Waals surface area contributed by atoms with E-state index in [2.05, 4.69) is 95.3 Å². The van der Waals surface area contributed by atoms with Gasteiger partial charge in [-0.3, -0.25) is 9.80 Å². The van der Waals surface area contributed by atoms with E-state index in [0.29, 0.717) is 17.9 Å². The summed E-state index contributed by atoms with van der Waals surface area (Å²) in [7, 11) is 0. The van der Waals surface area contributed by atoms with Crippen LogP contribution in [0.1, 0.15) is 100 Å². The zero-order valence-electron chi connectivity index (χ0n) is 29.4. The number of piperidine rings is 1. The molecule has 6 heteroatoms. The predicted molar refractivity (Wildman–Crippen MR) is 206 cm³/mol. The molecule has 0 amide bonds. The molecule has 1 N–H and O–H groups in total. The molecule has 2 aromatic carbocycles. The third-order valence-electron chi connectivity index (χ3n) is 11.6. The van der Waals surface area contributed by atoms with Gasteiger partial charge in [-0.1, -0.05) is 94.1 Å². The summed E-state index contributed by atoms with van der Waals surface area (Å²) >= 11 is 8.27. The number of hydrogen-bond acceptors (Lipinski definition) is 5. The summed E-state index contributed by atoms with van der Waals surface area (Å²) < 4.78 is 3.48. The van der Waals surface area contributed by atoms with E-state index in [0.717, 1.165) is 67.2 Å². The molecule has 0 radical (unpaired) electrons. The fourth-order valence-electron chi connectivity index (χ4n) is 8.96. The molecule has 4 nitrogen and oxygen atoms in total. The van der Waals surface area contributed by atoms with Gasteiger partial charge in [-0.2, -0.15) is 0 Å². The van der Waals surface area contributed by atoms with Gasteiger partial charge in [0.2, 0.25) is 0 Å². The average molecular weight is 675 g/mol. The van der Waals surface area contributed by atoms with Crippen molar-refractivity contribution in [3.8, 4) is 0 Å². The maximum atomic E-state index is 6.55. The topological polar surface area (TPSA) is 21.8 Å². The Hall–Kier alpha value is -1.92. The van der Waals surface area contributed by atoms with E-state index >= 15 is 0 Å². The summed E-state index contributed by atoms with van der Waals surface area (Å²) in [5, 5.41) is 0.865. The second-order valence-electron chi connectivity index (χ2n) is 14.6. The SMILES string of the molecule is C=C(NSCC)c1ccc2c(c1)N(CC1CCC1C(/C=C/CC)N1CCN3CCCCC3C1)CC(c1ccc(Cl)cc1CCC)CC2. The minimum atomic E-state index is 0.496. The van der Waals surface area contributed by atoms with Crippen LogP contribution in [-0.4, -0.2) is 66.9 Å². The summed E-state index contributed by atoms with van der Waals surface area (Å²) in [5.74, 6) is 2.95. The maximum Gasteiger partial charge on any atom is 0.0441 e. The molecule has 3 fully saturated rings. The highest BCUT2D eigenvalue weighted by molar-refractivity contribution is 7.97. The lowest BCUT2D eigenvalue weighted by Gasteiger charge is -2.51. The molecule has 3 heterocycles. The van der Waals surface area contributed by atoms with Crippen LogP contribution in [0.2, 0.25) is 5.02 Å². The number of rotatable bonds is 13. The van der Waals surface area contributed by atoms with Crippen LogP contribution in [-0.2, 0) is 12.8 Å². The molecule has 5 unspecified atom stereocenters. The van der Waals surface area contributed by atoms with Crippen LogP contribution in [0.3, 0.4) is 0 Å². The van der Waals surface area contributed by atoms with Crippen molar-refractivity contribution in [3.05, 3.63) is 82.4 Å². The molecule has 6 rings (SSSR count). The van der Waals surface area contributed by atoms with Gasteiger partial charge in [-0.05, 0) is 110 Å². The first kappa shape index (κ1) is 34.9. The zero-order valence-corrected chi connectivity index (χ0v) is 30.9. The second kappa shape index (κ2) is 16.7. The number of fused-ring (bicyclic) bond motifs is 2. The molecule has 1 aliphatic carbocycles. The summed E-state index contributed by atoms with van der Waals surface area (Å²) in [4.78, 5) is 8.48. The van der Waals surface area contributed by atoms with Gasteiger partial charge in [0.1, 0.15) is 0 Å². The Kier molecular flexibility index (Phi) is 12.4. The van der Waals surface area contributed by atoms with Crippen LogP contribution < -0.4 is 9.62 Å². The van der Waals surface area contributed by atoms with Crippen molar-refractivity contribution in [3.63, 3.8) is 0 Å². The van der Waals surface area contributed by atoms with Crippen molar-refractivity contribution in [1.82, 2.24) is 14.5 Å². The molecule has 47 heavy (non-hydrogen) atoms. The lowest BCUT2D eigenvalue weighted by molar-refractivity contribution is -0.00144. The summed E-state index contributed by atoms with van der Waals surface area (Å²) in [6.45, 7) is 18.4. The third-order valence-corrected chi connectivity index (χ3v) is 12.5. The molecule has 0 bridgehead atoms. The highest BCUT2D eigenvalue weighted by Gasteiger charge is 2.42. The average Bonchev–Trinajstić information content (AvgIpc) is 3.26. The van der Waals surface area contributed by atoms with Crippen LogP contribution >= 0.6 is 23.5 Å². The number of nitrogens with one attached hydrogen (secondary N) is 1. The summed E-state index contributed by atoms with van der Waals surface area (Å²) in [6, 6.07) is 15.2. The van der Waals surface area contributed by atoms with Gasteiger partial charge in [0.05, 0.1) is 0 Å². The largest absolute Gasteiger partial charge is 0.370 e. The first-order chi connectivity index (χ1) is 23.0. The van der Waals surface area contributed by atoms with Crippen molar-refractivity contribution >= 4 is 34.9 Å². The van der Waals surface area contributed by atoms with Crippen LogP contribution in [0.5, 0.6) is 0 Å². The van der Waals surface area contributed by atoms with E-state index in [9.17, 15) is 0 Å². The summed E-state index contributed by atoms with van der Waals surface area (Å²) in [6.07, 6.45) is 17.6. The van der Waals surface area contributed by atoms with Crippen LogP contribution in [0.4, 0.5) is 5.69 Å². The molecule has 0 aromatic heterocycles. The van der Waals surface area contributed by atoms with E-state index in [4.69, 9.17) is 11.6 Å². The molecular formula is C41H59ClN4S. The third kappa shape index (κ3) is 8.28. The van der Waals surface area contributed by atoms with Crippen LogP contribution in [0, 0.1) is 11.8 Å². The highest BCUT2D eigenvalue weighted by atomic mass is 35.5. The Morgan fingerprint density at radius 3 is 2.70 bits per heavy atom. The van der Waals surface area contributed by atoms with Crippen molar-refractivity contribution in [1.29, 1.82) is 0 Å². The minimum absolute atomic E-state index is 0.496. The number of halogens is 1. The molecule has 2 aromatic rings. The molecule has 256 valence electrons. The number of anilines is 1. The molecule has 0 spiro atoms. The monoisotopic (exact) mass is 674 g/mol. The molecule has 5 atom stereocenters. The van der Waals surface area contributed by atoms with Crippen molar-refractivity contribution in [2.45, 2.75) is 103 Å². The first-order valence-corrected chi connectivity index (χ1v) is 20.2.